The van der Waals surface area contributed by atoms with Crippen molar-refractivity contribution in [1.82, 2.24) is 14.5 Å². The zero-order valence-electron chi connectivity index (χ0n) is 21.9. The SMILES string of the molecule is C1CCC(CCN2CCC2)CC1.CNC(=O)COCCN(C)S(=O)c1c(C)cc(OC)cc1C. The van der Waals surface area contributed by atoms with E-state index in [0.717, 1.165) is 27.7 Å². The van der Waals surface area contributed by atoms with E-state index in [4.69, 9.17) is 9.47 Å². The summed E-state index contributed by atoms with van der Waals surface area (Å²) < 4.78 is 24.8. The van der Waals surface area contributed by atoms with Crippen LogP contribution >= 0.6 is 0 Å². The standard InChI is InChI=1S/C15H24N2O4S.C11H21N/c1-11-8-13(20-5)9-12(2)15(11)22(19)17(4)6-7-21-10-14(18)16-3;1-2-5-11(6-3-1)7-10-12-8-4-9-12/h8-9H,6-7,10H2,1-5H3,(H,16,18);11H,1-10H2. The zero-order chi connectivity index (χ0) is 24.9. The van der Waals surface area contributed by atoms with Crippen LogP contribution in [0, 0.1) is 19.8 Å². The molecule has 0 bridgehead atoms. The second-order valence-corrected chi connectivity index (χ2v) is 10.9. The lowest BCUT2D eigenvalue weighted by Gasteiger charge is -2.32. The number of hydrogen-bond donors (Lipinski definition) is 1. The second kappa shape index (κ2) is 15.5. The Morgan fingerprint density at radius 1 is 1.15 bits per heavy atom. The molecule has 1 N–H and O–H groups in total. The van der Waals surface area contributed by atoms with Crippen molar-refractivity contribution < 1.29 is 18.5 Å². The van der Waals surface area contributed by atoms with Gasteiger partial charge in [0.05, 0.1) is 18.6 Å². The van der Waals surface area contributed by atoms with Gasteiger partial charge in [-0.2, -0.15) is 0 Å². The van der Waals surface area contributed by atoms with E-state index in [-0.39, 0.29) is 12.5 Å². The number of likely N-dealkylation sites (N-methyl/N-ethyl adjacent to an activating group) is 2. The van der Waals surface area contributed by atoms with Gasteiger partial charge in [-0.15, -0.1) is 0 Å². The summed E-state index contributed by atoms with van der Waals surface area (Å²) in [4.78, 5) is 14.4. The smallest absolute Gasteiger partial charge is 0.245 e. The number of aryl methyl sites for hydroxylation is 2. The quantitative estimate of drug-likeness (QED) is 0.474. The minimum absolute atomic E-state index is 0.0115. The minimum Gasteiger partial charge on any atom is -0.497 e. The summed E-state index contributed by atoms with van der Waals surface area (Å²) in [5, 5.41) is 2.48. The van der Waals surface area contributed by atoms with Gasteiger partial charge in [0.1, 0.15) is 23.3 Å². The molecule has 1 saturated carbocycles. The molecule has 7 nitrogen and oxygen atoms in total. The number of carbonyl (C=O) groups excluding carboxylic acids is 1. The second-order valence-electron chi connectivity index (χ2n) is 9.40. The van der Waals surface area contributed by atoms with Crippen LogP contribution in [-0.4, -0.2) is 79.9 Å². The Hall–Kier alpha value is -1.48. The molecule has 1 aliphatic heterocycles. The van der Waals surface area contributed by atoms with Gasteiger partial charge in [0.2, 0.25) is 5.91 Å². The van der Waals surface area contributed by atoms with Crippen molar-refractivity contribution in [1.29, 1.82) is 0 Å². The highest BCUT2D eigenvalue weighted by Crippen LogP contribution is 2.27. The van der Waals surface area contributed by atoms with Gasteiger partial charge in [-0.1, -0.05) is 32.1 Å². The van der Waals surface area contributed by atoms with Gasteiger partial charge in [-0.05, 0) is 75.5 Å². The lowest BCUT2D eigenvalue weighted by molar-refractivity contribution is -0.125. The molecule has 1 amide bonds. The lowest BCUT2D eigenvalue weighted by Crippen LogP contribution is -2.38. The summed E-state index contributed by atoms with van der Waals surface area (Å²) in [6.07, 6.45) is 10.5. The van der Waals surface area contributed by atoms with Crippen LogP contribution in [0.25, 0.3) is 0 Å². The number of benzene rings is 1. The Bertz CT molecular complexity index is 756. The van der Waals surface area contributed by atoms with Crippen LogP contribution in [0.1, 0.15) is 56.1 Å². The first-order valence-electron chi connectivity index (χ1n) is 12.6. The molecule has 3 rings (SSSR count). The van der Waals surface area contributed by atoms with Crippen LogP contribution in [0.15, 0.2) is 17.0 Å². The molecule has 0 aromatic heterocycles. The van der Waals surface area contributed by atoms with Crippen molar-refractivity contribution in [2.45, 2.75) is 63.7 Å². The molecule has 8 heteroatoms. The van der Waals surface area contributed by atoms with E-state index in [1.807, 2.05) is 26.0 Å². The topological polar surface area (TPSA) is 71.1 Å². The fourth-order valence-corrected chi connectivity index (χ4v) is 5.64. The Morgan fingerprint density at radius 2 is 1.79 bits per heavy atom. The van der Waals surface area contributed by atoms with Crippen molar-refractivity contribution in [3.05, 3.63) is 23.3 Å². The number of ether oxygens (including phenoxy) is 2. The summed E-state index contributed by atoms with van der Waals surface area (Å²) in [6.45, 7) is 8.80. The highest BCUT2D eigenvalue weighted by molar-refractivity contribution is 7.82. The molecule has 194 valence electrons. The van der Waals surface area contributed by atoms with E-state index in [1.165, 1.54) is 64.6 Å². The number of rotatable bonds is 11. The van der Waals surface area contributed by atoms with E-state index in [9.17, 15) is 9.00 Å². The number of hydrogen-bond acceptors (Lipinski definition) is 5. The van der Waals surface area contributed by atoms with E-state index in [0.29, 0.717) is 13.2 Å². The van der Waals surface area contributed by atoms with Crippen LogP contribution < -0.4 is 10.1 Å². The Kier molecular flexibility index (Phi) is 13.1. The third kappa shape index (κ3) is 9.64. The summed E-state index contributed by atoms with van der Waals surface area (Å²) in [7, 11) is 3.66. The maximum atomic E-state index is 12.6. The normalized spacial score (nSPS) is 17.5. The highest BCUT2D eigenvalue weighted by Gasteiger charge is 2.18. The maximum absolute atomic E-state index is 12.6. The number of likely N-dealkylation sites (tertiary alicyclic amines) is 1. The molecule has 1 aromatic carbocycles. The van der Waals surface area contributed by atoms with Gasteiger partial charge < -0.3 is 19.7 Å². The molecule has 0 radical (unpaired) electrons. The molecule has 1 saturated heterocycles. The molecule has 2 aliphatic rings. The molecule has 0 spiro atoms. The first-order chi connectivity index (χ1) is 16.3. The predicted octanol–water partition coefficient (Wildman–Crippen LogP) is 3.69. The van der Waals surface area contributed by atoms with Crippen LogP contribution in [-0.2, 0) is 20.5 Å². The molecule has 1 atom stereocenters. The fraction of sp³-hybridized carbons (Fsp3) is 0.731. The summed E-state index contributed by atoms with van der Waals surface area (Å²) >= 11 is 0. The molecule has 2 fully saturated rings. The van der Waals surface area contributed by atoms with Gasteiger partial charge in [0.15, 0.2) is 0 Å². The number of carbonyl (C=O) groups is 1. The van der Waals surface area contributed by atoms with Gasteiger partial charge >= 0.3 is 0 Å². The lowest BCUT2D eigenvalue weighted by atomic mass is 9.87. The molecule has 1 heterocycles. The monoisotopic (exact) mass is 495 g/mol. The van der Waals surface area contributed by atoms with Crippen LogP contribution in [0.2, 0.25) is 0 Å². The first kappa shape index (κ1) is 28.8. The average Bonchev–Trinajstić information content (AvgIpc) is 2.81. The zero-order valence-corrected chi connectivity index (χ0v) is 22.7. The third-order valence-electron chi connectivity index (χ3n) is 6.72. The van der Waals surface area contributed by atoms with Gasteiger partial charge in [-0.3, -0.25) is 4.79 Å². The Balaban J connectivity index is 0.000000283. The van der Waals surface area contributed by atoms with Crippen molar-refractivity contribution in [2.24, 2.45) is 5.92 Å². The molecule has 1 aliphatic carbocycles. The number of amides is 1. The molecular weight excluding hydrogens is 450 g/mol. The van der Waals surface area contributed by atoms with Gasteiger partial charge in [-0.25, -0.2) is 8.51 Å². The first-order valence-corrected chi connectivity index (χ1v) is 13.7. The van der Waals surface area contributed by atoms with E-state index in [2.05, 4.69) is 10.2 Å². The van der Waals surface area contributed by atoms with Gasteiger partial charge in [0, 0.05) is 20.6 Å². The molecule has 1 unspecified atom stereocenters. The number of nitrogens with one attached hydrogen (secondary N) is 1. The molecule has 34 heavy (non-hydrogen) atoms. The third-order valence-corrected chi connectivity index (χ3v) is 8.46. The van der Waals surface area contributed by atoms with E-state index >= 15 is 0 Å². The summed E-state index contributed by atoms with van der Waals surface area (Å²) in [5.41, 5.74) is 1.85. The fourth-order valence-electron chi connectivity index (χ4n) is 4.42. The average molecular weight is 496 g/mol. The maximum Gasteiger partial charge on any atom is 0.245 e. The minimum atomic E-state index is -1.28. The van der Waals surface area contributed by atoms with E-state index < -0.39 is 11.0 Å². The van der Waals surface area contributed by atoms with Crippen LogP contribution in [0.5, 0.6) is 5.75 Å². The number of methoxy groups -OCH3 is 1. The highest BCUT2D eigenvalue weighted by atomic mass is 32.2. The predicted molar refractivity (Wildman–Crippen MR) is 139 cm³/mol. The van der Waals surface area contributed by atoms with Crippen molar-refractivity contribution in [3.8, 4) is 5.75 Å². The Labute approximate surface area is 209 Å². The number of nitrogens with zero attached hydrogens (tertiary/aromatic N) is 2. The van der Waals surface area contributed by atoms with Crippen LogP contribution in [0.4, 0.5) is 0 Å². The molecular formula is C26H45N3O4S. The largest absolute Gasteiger partial charge is 0.497 e. The van der Waals surface area contributed by atoms with E-state index in [1.54, 1.807) is 25.5 Å². The van der Waals surface area contributed by atoms with Gasteiger partial charge in [0.25, 0.3) is 0 Å². The van der Waals surface area contributed by atoms with Crippen molar-refractivity contribution >= 4 is 16.9 Å². The summed E-state index contributed by atoms with van der Waals surface area (Å²) in [6, 6.07) is 3.74. The van der Waals surface area contributed by atoms with Crippen LogP contribution in [0.3, 0.4) is 0 Å². The summed E-state index contributed by atoms with van der Waals surface area (Å²) in [5.74, 6) is 1.66. The molecule has 1 aromatic rings. The van der Waals surface area contributed by atoms with Crippen molar-refractivity contribution in [3.63, 3.8) is 0 Å². The van der Waals surface area contributed by atoms with Crippen molar-refractivity contribution in [2.75, 3.05) is 60.6 Å². The Morgan fingerprint density at radius 3 is 2.32 bits per heavy atom.